The van der Waals surface area contributed by atoms with Crippen LogP contribution >= 0.6 is 0 Å². The standard InChI is InChI=1S/C35H34N8O5S/c1-4-35(33(45)48-3,26-10-12-27(13-11-26)41-19-24-8-6-7-9-28(24)32(41)44)42-17-14-29-30(37-23-38-31(29)42)25-18-39-43(20-25)34(15-16-36)21-40(22-34)49(46,47)5-2/h6-14,17-18,20,23H,4-5,15,19,21-22H2,1-3H3. The van der Waals surface area contributed by atoms with Crippen molar-refractivity contribution in [1.82, 2.24) is 28.6 Å². The summed E-state index contributed by atoms with van der Waals surface area (Å²) >= 11 is 0. The number of fused-ring (bicyclic) bond motifs is 2. The maximum atomic E-state index is 13.8. The fourth-order valence-corrected chi connectivity index (χ4v) is 8.33. The van der Waals surface area contributed by atoms with Crippen molar-refractivity contribution >= 4 is 38.6 Å². The second kappa shape index (κ2) is 11.9. The summed E-state index contributed by atoms with van der Waals surface area (Å²) in [5.74, 6) is -0.563. The van der Waals surface area contributed by atoms with Crippen LogP contribution in [0, 0.1) is 11.3 Å². The number of sulfonamides is 1. The SMILES string of the molecule is CCC(C(=O)OC)(c1ccc(N2Cc3ccccc3C2=O)cc1)n1ccc2c(-c3cnn(C4(CC#N)CN(S(=O)(=O)CC)C4)c3)ncnc21. The molecule has 0 radical (unpaired) electrons. The minimum absolute atomic E-state index is 0.0161. The average Bonchev–Trinajstić information content (AvgIpc) is 3.85. The molecule has 1 unspecified atom stereocenters. The molecule has 1 saturated heterocycles. The van der Waals surface area contributed by atoms with Crippen molar-refractivity contribution in [2.24, 2.45) is 0 Å². The van der Waals surface area contributed by atoms with Crippen molar-refractivity contribution in [3.63, 3.8) is 0 Å². The first-order valence-corrected chi connectivity index (χ1v) is 17.5. The van der Waals surface area contributed by atoms with E-state index < -0.39 is 27.1 Å². The van der Waals surface area contributed by atoms with Gasteiger partial charge in [-0.15, -0.1) is 0 Å². The van der Waals surface area contributed by atoms with E-state index in [-0.39, 0.29) is 31.2 Å². The second-order valence-corrected chi connectivity index (χ2v) is 14.6. The topological polar surface area (TPSA) is 156 Å². The number of nitriles is 1. The highest BCUT2D eigenvalue weighted by atomic mass is 32.2. The van der Waals surface area contributed by atoms with Crippen molar-refractivity contribution in [3.8, 4) is 17.3 Å². The largest absolute Gasteiger partial charge is 0.467 e. The number of hydrogen-bond donors (Lipinski definition) is 0. The third kappa shape index (κ3) is 4.91. The lowest BCUT2D eigenvalue weighted by Crippen LogP contribution is -2.64. The Morgan fingerprint density at radius 3 is 2.51 bits per heavy atom. The summed E-state index contributed by atoms with van der Waals surface area (Å²) in [4.78, 5) is 37.8. The highest BCUT2D eigenvalue weighted by Crippen LogP contribution is 2.39. The molecule has 0 saturated carbocycles. The zero-order valence-electron chi connectivity index (χ0n) is 27.3. The smallest absolute Gasteiger partial charge is 0.336 e. The molecule has 5 aromatic rings. The number of methoxy groups -OCH3 is 1. The Morgan fingerprint density at radius 2 is 1.84 bits per heavy atom. The maximum absolute atomic E-state index is 13.8. The molecule has 3 aromatic heterocycles. The molecule has 13 nitrogen and oxygen atoms in total. The number of carbonyl (C=O) groups excluding carboxylic acids is 2. The van der Waals surface area contributed by atoms with Gasteiger partial charge in [-0.3, -0.25) is 9.48 Å². The average molecular weight is 679 g/mol. The van der Waals surface area contributed by atoms with Crippen molar-refractivity contribution < 1.29 is 22.7 Å². The van der Waals surface area contributed by atoms with Crippen LogP contribution in [0.2, 0.25) is 0 Å². The second-order valence-electron chi connectivity index (χ2n) is 12.3. The van der Waals surface area contributed by atoms with E-state index in [9.17, 15) is 23.3 Å². The molecular formula is C35H34N8O5S. The van der Waals surface area contributed by atoms with Gasteiger partial charge >= 0.3 is 5.97 Å². The molecule has 1 fully saturated rings. The Bertz CT molecular complexity index is 2250. The van der Waals surface area contributed by atoms with E-state index >= 15 is 0 Å². The van der Waals surface area contributed by atoms with Crippen LogP contribution in [-0.2, 0) is 37.2 Å². The van der Waals surface area contributed by atoms with Crippen LogP contribution in [-0.4, -0.2) is 74.9 Å². The van der Waals surface area contributed by atoms with Crippen LogP contribution in [0.15, 0.2) is 79.5 Å². The van der Waals surface area contributed by atoms with Gasteiger partial charge < -0.3 is 14.2 Å². The number of ether oxygens (including phenoxy) is 1. The van der Waals surface area contributed by atoms with Gasteiger partial charge in [0.15, 0.2) is 5.54 Å². The van der Waals surface area contributed by atoms with Crippen molar-refractivity contribution in [2.45, 2.75) is 44.3 Å². The molecule has 1 atom stereocenters. The zero-order valence-corrected chi connectivity index (χ0v) is 28.1. The van der Waals surface area contributed by atoms with E-state index in [4.69, 9.17) is 4.74 Å². The first-order valence-electron chi connectivity index (χ1n) is 15.9. The number of benzene rings is 2. The van der Waals surface area contributed by atoms with Crippen LogP contribution in [0.5, 0.6) is 0 Å². The van der Waals surface area contributed by atoms with Gasteiger partial charge in [-0.2, -0.15) is 14.7 Å². The van der Waals surface area contributed by atoms with E-state index in [0.29, 0.717) is 46.4 Å². The molecule has 0 bridgehead atoms. The van der Waals surface area contributed by atoms with Crippen LogP contribution in [0.4, 0.5) is 5.69 Å². The van der Waals surface area contributed by atoms with Gasteiger partial charge in [0.1, 0.15) is 17.5 Å². The van der Waals surface area contributed by atoms with Gasteiger partial charge in [-0.25, -0.2) is 23.2 Å². The maximum Gasteiger partial charge on any atom is 0.336 e. The summed E-state index contributed by atoms with van der Waals surface area (Å²) in [5.41, 5.74) is 2.66. The number of amides is 1. The fourth-order valence-electron chi connectivity index (χ4n) is 7.09. The van der Waals surface area contributed by atoms with Gasteiger partial charge in [0.25, 0.3) is 5.91 Å². The quantitative estimate of drug-likeness (QED) is 0.199. The van der Waals surface area contributed by atoms with E-state index in [1.165, 1.54) is 17.7 Å². The van der Waals surface area contributed by atoms with Crippen LogP contribution in [0.1, 0.15) is 48.2 Å². The molecule has 2 aromatic carbocycles. The fraction of sp³-hybridized carbons (Fsp3) is 0.314. The monoisotopic (exact) mass is 678 g/mol. The minimum atomic E-state index is -3.40. The Hall–Kier alpha value is -5.39. The number of rotatable bonds is 10. The Labute approximate surface area is 283 Å². The molecular weight excluding hydrogens is 645 g/mol. The molecule has 14 heteroatoms. The third-order valence-electron chi connectivity index (χ3n) is 9.85. The molecule has 0 N–H and O–H groups in total. The molecule has 0 spiro atoms. The molecule has 0 aliphatic carbocycles. The lowest BCUT2D eigenvalue weighted by atomic mass is 9.86. The summed E-state index contributed by atoms with van der Waals surface area (Å²) in [6, 6.07) is 19.0. The number of anilines is 1. The molecule has 7 rings (SSSR count). The molecule has 5 heterocycles. The van der Waals surface area contributed by atoms with Gasteiger partial charge in [0.2, 0.25) is 10.0 Å². The van der Waals surface area contributed by atoms with Crippen LogP contribution < -0.4 is 4.90 Å². The molecule has 250 valence electrons. The zero-order chi connectivity index (χ0) is 34.6. The Balaban J connectivity index is 1.25. The van der Waals surface area contributed by atoms with Gasteiger partial charge in [0, 0.05) is 47.7 Å². The summed E-state index contributed by atoms with van der Waals surface area (Å²) in [6.45, 7) is 4.28. The Kier molecular flexibility index (Phi) is 7.84. The number of aromatic nitrogens is 5. The number of nitrogens with zero attached hydrogens (tertiary/aromatic N) is 8. The summed E-state index contributed by atoms with van der Waals surface area (Å²) in [5, 5.41) is 14.8. The molecule has 2 aliphatic rings. The predicted octanol–water partition coefficient (Wildman–Crippen LogP) is 4.06. The first-order chi connectivity index (χ1) is 23.6. The predicted molar refractivity (Wildman–Crippen MR) is 181 cm³/mol. The van der Waals surface area contributed by atoms with Crippen LogP contribution in [0.3, 0.4) is 0 Å². The molecule has 49 heavy (non-hydrogen) atoms. The summed E-state index contributed by atoms with van der Waals surface area (Å²) in [7, 11) is -2.04. The minimum Gasteiger partial charge on any atom is -0.467 e. The lowest BCUT2D eigenvalue weighted by molar-refractivity contribution is -0.149. The Morgan fingerprint density at radius 1 is 1.08 bits per heavy atom. The van der Waals surface area contributed by atoms with E-state index in [1.807, 2.05) is 61.5 Å². The van der Waals surface area contributed by atoms with Gasteiger partial charge in [-0.1, -0.05) is 37.3 Å². The van der Waals surface area contributed by atoms with Crippen molar-refractivity contribution in [1.29, 1.82) is 5.26 Å². The number of carbonyl (C=O) groups is 2. The number of hydrogen-bond acceptors (Lipinski definition) is 9. The first kappa shape index (κ1) is 32.2. The highest BCUT2D eigenvalue weighted by Gasteiger charge is 2.50. The molecule has 1 amide bonds. The highest BCUT2D eigenvalue weighted by molar-refractivity contribution is 7.89. The van der Waals surface area contributed by atoms with E-state index in [1.54, 1.807) is 39.7 Å². The van der Waals surface area contributed by atoms with Crippen LogP contribution in [0.25, 0.3) is 22.3 Å². The normalized spacial score (nSPS) is 16.9. The van der Waals surface area contributed by atoms with E-state index in [0.717, 1.165) is 11.3 Å². The summed E-state index contributed by atoms with van der Waals surface area (Å²) < 4.78 is 35.1. The summed E-state index contributed by atoms with van der Waals surface area (Å²) in [6.07, 6.45) is 7.05. The lowest BCUT2D eigenvalue weighted by Gasteiger charge is -2.47. The van der Waals surface area contributed by atoms with Gasteiger partial charge in [-0.05, 0) is 48.7 Å². The number of esters is 1. The van der Waals surface area contributed by atoms with Gasteiger partial charge in [0.05, 0.1) is 43.8 Å². The third-order valence-corrected chi connectivity index (χ3v) is 11.6. The molecule has 2 aliphatic heterocycles. The van der Waals surface area contributed by atoms with E-state index in [2.05, 4.69) is 21.1 Å². The van der Waals surface area contributed by atoms with Crippen molar-refractivity contribution in [3.05, 3.63) is 96.2 Å². The van der Waals surface area contributed by atoms with Crippen molar-refractivity contribution in [2.75, 3.05) is 30.9 Å².